The summed E-state index contributed by atoms with van der Waals surface area (Å²) in [5, 5.41) is 8.71. The zero-order valence-electron chi connectivity index (χ0n) is 8.50. The van der Waals surface area contributed by atoms with Gasteiger partial charge in [-0.15, -0.1) is 0 Å². The smallest absolute Gasteiger partial charge is 0.144 e. The van der Waals surface area contributed by atoms with Gasteiger partial charge in [0.2, 0.25) is 0 Å². The summed E-state index contributed by atoms with van der Waals surface area (Å²) in [5.74, 6) is -0.268. The van der Waals surface area contributed by atoms with Gasteiger partial charge in [-0.2, -0.15) is 5.26 Å². The van der Waals surface area contributed by atoms with Crippen LogP contribution in [0.25, 0.3) is 0 Å². The van der Waals surface area contributed by atoms with Crippen molar-refractivity contribution in [2.24, 2.45) is 0 Å². The molecule has 0 N–H and O–H groups in total. The van der Waals surface area contributed by atoms with Gasteiger partial charge in [-0.1, -0.05) is 6.07 Å². The van der Waals surface area contributed by atoms with Crippen molar-refractivity contribution in [2.75, 3.05) is 20.3 Å². The van der Waals surface area contributed by atoms with Gasteiger partial charge >= 0.3 is 0 Å². The number of ether oxygens (including phenoxy) is 2. The van der Waals surface area contributed by atoms with Crippen molar-refractivity contribution < 1.29 is 13.9 Å². The average molecular weight is 209 g/mol. The van der Waals surface area contributed by atoms with Gasteiger partial charge in [0.05, 0.1) is 6.61 Å². The summed E-state index contributed by atoms with van der Waals surface area (Å²) in [6, 6.07) is 6.10. The molecule has 0 spiro atoms. The van der Waals surface area contributed by atoms with Gasteiger partial charge in [-0.05, 0) is 12.1 Å². The Bertz CT molecular complexity index is 360. The number of halogens is 1. The third kappa shape index (κ3) is 3.22. The molecule has 0 aliphatic rings. The first-order valence-electron chi connectivity index (χ1n) is 4.60. The monoisotopic (exact) mass is 209 g/mol. The van der Waals surface area contributed by atoms with Crippen LogP contribution in [-0.4, -0.2) is 20.3 Å². The van der Waals surface area contributed by atoms with E-state index in [2.05, 4.69) is 0 Å². The first kappa shape index (κ1) is 11.5. The summed E-state index contributed by atoms with van der Waals surface area (Å²) < 4.78 is 23.2. The van der Waals surface area contributed by atoms with E-state index in [0.29, 0.717) is 19.6 Å². The third-order valence-corrected chi connectivity index (χ3v) is 1.84. The zero-order chi connectivity index (χ0) is 11.1. The summed E-state index contributed by atoms with van der Waals surface area (Å²) in [6.45, 7) is 0.989. The lowest BCUT2D eigenvalue weighted by Crippen LogP contribution is -2.03. The molecule has 0 unspecified atom stereocenters. The first-order valence-corrected chi connectivity index (χ1v) is 4.60. The maximum atomic E-state index is 13.1. The number of nitriles is 1. The summed E-state index contributed by atoms with van der Waals surface area (Å²) in [4.78, 5) is 0. The van der Waals surface area contributed by atoms with Crippen LogP contribution in [0.1, 0.15) is 12.0 Å². The molecule has 15 heavy (non-hydrogen) atoms. The molecule has 0 fully saturated rings. The first-order chi connectivity index (χ1) is 7.29. The fraction of sp³-hybridized carbons (Fsp3) is 0.364. The molecule has 3 nitrogen and oxygen atoms in total. The molecular formula is C11H12FNO2. The molecule has 1 aromatic carbocycles. The highest BCUT2D eigenvalue weighted by molar-refractivity contribution is 5.43. The number of benzene rings is 1. The molecule has 1 aromatic rings. The van der Waals surface area contributed by atoms with Crippen molar-refractivity contribution in [3.05, 3.63) is 29.6 Å². The highest BCUT2D eigenvalue weighted by Crippen LogP contribution is 2.20. The molecule has 0 atom stereocenters. The minimum atomic E-state index is -0.554. The molecule has 0 saturated heterocycles. The summed E-state index contributed by atoms with van der Waals surface area (Å²) in [7, 11) is 1.60. The van der Waals surface area contributed by atoms with Gasteiger partial charge in [0.25, 0.3) is 0 Å². The van der Waals surface area contributed by atoms with Crippen molar-refractivity contribution in [3.63, 3.8) is 0 Å². The molecule has 0 aliphatic heterocycles. The van der Waals surface area contributed by atoms with Gasteiger partial charge in [-0.3, -0.25) is 0 Å². The largest absolute Gasteiger partial charge is 0.492 e. The van der Waals surface area contributed by atoms with E-state index in [4.69, 9.17) is 14.7 Å². The Labute approximate surface area is 88.0 Å². The normalized spacial score (nSPS) is 9.67. The predicted molar refractivity (Wildman–Crippen MR) is 53.1 cm³/mol. The molecule has 1 rings (SSSR count). The van der Waals surface area contributed by atoms with Crippen LogP contribution in [0.3, 0.4) is 0 Å². The predicted octanol–water partition coefficient (Wildman–Crippen LogP) is 2.11. The van der Waals surface area contributed by atoms with E-state index < -0.39 is 5.82 Å². The number of hydrogen-bond acceptors (Lipinski definition) is 3. The maximum Gasteiger partial charge on any atom is 0.144 e. The molecule has 0 aliphatic carbocycles. The summed E-state index contributed by atoms with van der Waals surface area (Å²) in [5.41, 5.74) is -0.0464. The van der Waals surface area contributed by atoms with Gasteiger partial charge < -0.3 is 9.47 Å². The highest BCUT2D eigenvalue weighted by Gasteiger charge is 2.07. The molecule has 0 radical (unpaired) electrons. The zero-order valence-corrected chi connectivity index (χ0v) is 8.50. The van der Waals surface area contributed by atoms with Gasteiger partial charge in [0.1, 0.15) is 23.2 Å². The van der Waals surface area contributed by atoms with Gasteiger partial charge in [0, 0.05) is 20.1 Å². The summed E-state index contributed by atoms with van der Waals surface area (Å²) in [6.07, 6.45) is 0.706. The minimum Gasteiger partial charge on any atom is -0.492 e. The molecule has 0 amide bonds. The molecule has 4 heteroatoms. The quantitative estimate of drug-likeness (QED) is 0.697. The van der Waals surface area contributed by atoms with Crippen LogP contribution in [0.5, 0.6) is 5.75 Å². The number of rotatable bonds is 5. The van der Waals surface area contributed by atoms with E-state index in [0.717, 1.165) is 0 Å². The van der Waals surface area contributed by atoms with Crippen molar-refractivity contribution in [3.8, 4) is 11.8 Å². The fourth-order valence-electron chi connectivity index (χ4n) is 1.12. The van der Waals surface area contributed by atoms with Crippen LogP contribution < -0.4 is 4.74 Å². The maximum absolute atomic E-state index is 13.1. The van der Waals surface area contributed by atoms with E-state index in [9.17, 15) is 4.39 Å². The van der Waals surface area contributed by atoms with Gasteiger partial charge in [0.15, 0.2) is 0 Å². The average Bonchev–Trinajstić information content (AvgIpc) is 2.24. The Morgan fingerprint density at radius 3 is 2.87 bits per heavy atom. The lowest BCUT2D eigenvalue weighted by atomic mass is 10.2. The van der Waals surface area contributed by atoms with Crippen LogP contribution in [0, 0.1) is 17.1 Å². The summed E-state index contributed by atoms with van der Waals surface area (Å²) >= 11 is 0. The number of methoxy groups -OCH3 is 1. The minimum absolute atomic E-state index is 0.0464. The van der Waals surface area contributed by atoms with Gasteiger partial charge in [-0.25, -0.2) is 4.39 Å². The van der Waals surface area contributed by atoms with E-state index in [1.165, 1.54) is 12.1 Å². The van der Waals surface area contributed by atoms with Crippen molar-refractivity contribution >= 4 is 0 Å². The molecule has 0 saturated carbocycles. The Hall–Kier alpha value is -1.60. The molecular weight excluding hydrogens is 197 g/mol. The Morgan fingerprint density at radius 2 is 2.20 bits per heavy atom. The Balaban J connectivity index is 2.61. The van der Waals surface area contributed by atoms with Crippen LogP contribution in [0.2, 0.25) is 0 Å². The Kier molecular flexibility index (Phi) is 4.58. The molecule has 0 bridgehead atoms. The van der Waals surface area contributed by atoms with Crippen LogP contribution in [-0.2, 0) is 4.74 Å². The van der Waals surface area contributed by atoms with Crippen LogP contribution in [0.4, 0.5) is 4.39 Å². The SMILES string of the molecule is COCCCOc1cccc(F)c1C#N. The van der Waals surface area contributed by atoms with E-state index in [1.807, 2.05) is 0 Å². The second-order valence-corrected chi connectivity index (χ2v) is 2.92. The molecule has 80 valence electrons. The highest BCUT2D eigenvalue weighted by atomic mass is 19.1. The lowest BCUT2D eigenvalue weighted by molar-refractivity contribution is 0.172. The van der Waals surface area contributed by atoms with Crippen molar-refractivity contribution in [1.82, 2.24) is 0 Å². The lowest BCUT2D eigenvalue weighted by Gasteiger charge is -2.07. The van der Waals surface area contributed by atoms with Crippen LogP contribution >= 0.6 is 0 Å². The molecule has 0 heterocycles. The second-order valence-electron chi connectivity index (χ2n) is 2.92. The third-order valence-electron chi connectivity index (χ3n) is 1.84. The van der Waals surface area contributed by atoms with E-state index in [-0.39, 0.29) is 11.3 Å². The van der Waals surface area contributed by atoms with Crippen molar-refractivity contribution in [2.45, 2.75) is 6.42 Å². The van der Waals surface area contributed by atoms with E-state index >= 15 is 0 Å². The van der Waals surface area contributed by atoms with Crippen molar-refractivity contribution in [1.29, 1.82) is 5.26 Å². The standard InChI is InChI=1S/C11H12FNO2/c1-14-6-3-7-15-11-5-2-4-10(12)9(11)8-13/h2,4-5H,3,6-7H2,1H3. The molecule has 0 aromatic heterocycles. The fourth-order valence-corrected chi connectivity index (χ4v) is 1.12. The Morgan fingerprint density at radius 1 is 1.40 bits per heavy atom. The topological polar surface area (TPSA) is 42.2 Å². The number of hydrogen-bond donors (Lipinski definition) is 0. The van der Waals surface area contributed by atoms with Crippen LogP contribution in [0.15, 0.2) is 18.2 Å². The second kappa shape index (κ2) is 5.99. The number of nitrogens with zero attached hydrogens (tertiary/aromatic N) is 1. The van der Waals surface area contributed by atoms with E-state index in [1.54, 1.807) is 19.2 Å².